The van der Waals surface area contributed by atoms with Crippen LogP contribution >= 0.6 is 0 Å². The molecule has 1 rings (SSSR count). The van der Waals surface area contributed by atoms with E-state index in [9.17, 15) is 9.59 Å². The summed E-state index contributed by atoms with van der Waals surface area (Å²) in [6, 6.07) is 7.81. The number of rotatable bonds is 5. The van der Waals surface area contributed by atoms with E-state index in [1.165, 1.54) is 19.6 Å². The smallest absolute Gasteiger partial charge is 0.337 e. The molecule has 0 saturated carbocycles. The van der Waals surface area contributed by atoms with Gasteiger partial charge in [0.05, 0.1) is 12.7 Å². The van der Waals surface area contributed by atoms with E-state index in [1.54, 1.807) is 6.08 Å². The molecule has 0 fully saturated rings. The zero-order valence-electron chi connectivity index (χ0n) is 11.4. The number of hydrogen-bond acceptors (Lipinski definition) is 4. The lowest BCUT2D eigenvalue weighted by molar-refractivity contribution is -0.141. The van der Waals surface area contributed by atoms with E-state index >= 15 is 0 Å². The fourth-order valence-electron chi connectivity index (χ4n) is 1.52. The summed E-state index contributed by atoms with van der Waals surface area (Å²) >= 11 is 0. The highest BCUT2D eigenvalue weighted by atomic mass is 16.5. The van der Waals surface area contributed by atoms with Crippen LogP contribution in [-0.4, -0.2) is 25.7 Å². The van der Waals surface area contributed by atoms with E-state index in [0.717, 1.165) is 12.0 Å². The second-order valence-corrected chi connectivity index (χ2v) is 4.04. The summed E-state index contributed by atoms with van der Waals surface area (Å²) in [6.45, 7) is 3.29. The van der Waals surface area contributed by atoms with Crippen LogP contribution < -0.4 is 0 Å². The van der Waals surface area contributed by atoms with Crippen LogP contribution in [0, 0.1) is 0 Å². The maximum absolute atomic E-state index is 11.6. The van der Waals surface area contributed by atoms with Crippen LogP contribution in [0.25, 0.3) is 6.08 Å². The number of hydrogen-bond donors (Lipinski definition) is 0. The van der Waals surface area contributed by atoms with Gasteiger partial charge in [-0.05, 0) is 23.6 Å². The van der Waals surface area contributed by atoms with Gasteiger partial charge in [-0.15, -0.1) is 0 Å². The average molecular weight is 262 g/mol. The Morgan fingerprint density at radius 1 is 1.21 bits per heavy atom. The summed E-state index contributed by atoms with van der Waals surface area (Å²) in [5, 5.41) is 0. The quantitative estimate of drug-likeness (QED) is 0.604. The molecular weight excluding hydrogens is 244 g/mol. The molecule has 0 N–H and O–H groups in total. The van der Waals surface area contributed by atoms with Gasteiger partial charge in [0.2, 0.25) is 0 Å². The zero-order chi connectivity index (χ0) is 14.3. The maximum atomic E-state index is 11.6. The highest BCUT2D eigenvalue weighted by Gasteiger charge is 2.11. The van der Waals surface area contributed by atoms with Crippen molar-refractivity contribution in [3.05, 3.63) is 41.0 Å². The minimum atomic E-state index is -0.499. The van der Waals surface area contributed by atoms with Gasteiger partial charge in [-0.25, -0.2) is 4.79 Å². The monoisotopic (exact) mass is 262 g/mol. The Morgan fingerprint density at radius 2 is 1.84 bits per heavy atom. The standard InChI is InChI=1S/C15H18O4/c1-4-12-5-7-13(8-6-12)9-14(15(17)18-3)10-19-11(2)16/h5-9H,4,10H2,1-3H3/b14-9+. The molecule has 0 saturated heterocycles. The van der Waals surface area contributed by atoms with Crippen LogP contribution in [0.4, 0.5) is 0 Å². The van der Waals surface area contributed by atoms with Gasteiger partial charge in [-0.1, -0.05) is 31.2 Å². The Morgan fingerprint density at radius 3 is 2.32 bits per heavy atom. The fourth-order valence-corrected chi connectivity index (χ4v) is 1.52. The molecule has 0 radical (unpaired) electrons. The van der Waals surface area contributed by atoms with Crippen LogP contribution in [0.15, 0.2) is 29.8 Å². The summed E-state index contributed by atoms with van der Waals surface area (Å²) in [4.78, 5) is 22.4. The largest absolute Gasteiger partial charge is 0.466 e. The van der Waals surface area contributed by atoms with Gasteiger partial charge < -0.3 is 9.47 Å². The minimum absolute atomic E-state index is 0.0858. The summed E-state index contributed by atoms with van der Waals surface area (Å²) < 4.78 is 9.50. The fraction of sp³-hybridized carbons (Fsp3) is 0.333. The summed E-state index contributed by atoms with van der Waals surface area (Å²) in [7, 11) is 1.30. The van der Waals surface area contributed by atoms with Crippen molar-refractivity contribution in [2.45, 2.75) is 20.3 Å². The molecule has 0 aliphatic rings. The van der Waals surface area contributed by atoms with Crippen molar-refractivity contribution < 1.29 is 19.1 Å². The van der Waals surface area contributed by atoms with Crippen molar-refractivity contribution in [1.29, 1.82) is 0 Å². The minimum Gasteiger partial charge on any atom is -0.466 e. The van der Waals surface area contributed by atoms with E-state index in [-0.39, 0.29) is 6.61 Å². The van der Waals surface area contributed by atoms with Gasteiger partial charge in [-0.3, -0.25) is 4.79 Å². The molecule has 0 spiro atoms. The molecule has 0 amide bonds. The molecule has 1 aromatic carbocycles. The summed E-state index contributed by atoms with van der Waals surface area (Å²) in [6.07, 6.45) is 2.62. The third-order valence-corrected chi connectivity index (χ3v) is 2.61. The number of carbonyl (C=O) groups is 2. The molecule has 4 heteroatoms. The van der Waals surface area contributed by atoms with E-state index in [1.807, 2.05) is 24.3 Å². The lowest BCUT2D eigenvalue weighted by Gasteiger charge is -2.06. The van der Waals surface area contributed by atoms with Crippen LogP contribution in [0.3, 0.4) is 0 Å². The number of benzene rings is 1. The lowest BCUT2D eigenvalue weighted by atomic mass is 10.1. The molecule has 0 bridgehead atoms. The molecule has 1 aromatic rings. The normalized spacial score (nSPS) is 11.0. The van der Waals surface area contributed by atoms with Crippen molar-refractivity contribution in [2.24, 2.45) is 0 Å². The molecule has 4 nitrogen and oxygen atoms in total. The van der Waals surface area contributed by atoms with Gasteiger partial charge >= 0.3 is 11.9 Å². The number of aryl methyl sites for hydroxylation is 1. The summed E-state index contributed by atoms with van der Waals surface area (Å²) in [5.74, 6) is -0.933. The van der Waals surface area contributed by atoms with Crippen molar-refractivity contribution in [1.82, 2.24) is 0 Å². The lowest BCUT2D eigenvalue weighted by Crippen LogP contribution is -2.12. The predicted octanol–water partition coefficient (Wildman–Crippen LogP) is 2.37. The van der Waals surface area contributed by atoms with Crippen molar-refractivity contribution in [3.63, 3.8) is 0 Å². The van der Waals surface area contributed by atoms with Gasteiger partial charge in [0.1, 0.15) is 6.61 Å². The van der Waals surface area contributed by atoms with Crippen molar-refractivity contribution >= 4 is 18.0 Å². The Labute approximate surface area is 113 Å². The molecule has 0 aliphatic heterocycles. The van der Waals surface area contributed by atoms with Crippen LogP contribution in [-0.2, 0) is 25.5 Å². The van der Waals surface area contributed by atoms with Crippen LogP contribution in [0.1, 0.15) is 25.0 Å². The van der Waals surface area contributed by atoms with E-state index < -0.39 is 11.9 Å². The molecular formula is C15H18O4. The molecule has 0 atom stereocenters. The first-order valence-corrected chi connectivity index (χ1v) is 6.08. The number of ether oxygens (including phenoxy) is 2. The highest BCUT2D eigenvalue weighted by Crippen LogP contribution is 2.11. The van der Waals surface area contributed by atoms with Gasteiger partial charge in [0.25, 0.3) is 0 Å². The van der Waals surface area contributed by atoms with Crippen LogP contribution in [0.5, 0.6) is 0 Å². The Bertz CT molecular complexity index is 471. The Hall–Kier alpha value is -2.10. The molecule has 0 heterocycles. The highest BCUT2D eigenvalue weighted by molar-refractivity contribution is 5.94. The second-order valence-electron chi connectivity index (χ2n) is 4.04. The molecule has 0 aromatic heterocycles. The number of carbonyl (C=O) groups excluding carboxylic acids is 2. The van der Waals surface area contributed by atoms with E-state index in [2.05, 4.69) is 11.7 Å². The van der Waals surface area contributed by atoms with Gasteiger partial charge in [0.15, 0.2) is 0 Å². The zero-order valence-corrected chi connectivity index (χ0v) is 11.4. The van der Waals surface area contributed by atoms with Crippen molar-refractivity contribution in [2.75, 3.05) is 13.7 Å². The maximum Gasteiger partial charge on any atom is 0.337 e. The third-order valence-electron chi connectivity index (χ3n) is 2.61. The van der Waals surface area contributed by atoms with Gasteiger partial charge in [0, 0.05) is 6.92 Å². The predicted molar refractivity (Wildman–Crippen MR) is 72.4 cm³/mol. The van der Waals surface area contributed by atoms with E-state index in [4.69, 9.17) is 4.74 Å². The Balaban J connectivity index is 2.90. The number of esters is 2. The molecule has 0 aliphatic carbocycles. The first-order valence-electron chi connectivity index (χ1n) is 6.08. The second kappa shape index (κ2) is 7.36. The topological polar surface area (TPSA) is 52.6 Å². The molecule has 19 heavy (non-hydrogen) atoms. The number of methoxy groups -OCH3 is 1. The first kappa shape index (κ1) is 15.0. The molecule has 0 unspecified atom stereocenters. The average Bonchev–Trinajstić information content (AvgIpc) is 2.43. The van der Waals surface area contributed by atoms with E-state index in [0.29, 0.717) is 5.57 Å². The third kappa shape index (κ3) is 4.95. The van der Waals surface area contributed by atoms with Gasteiger partial charge in [-0.2, -0.15) is 0 Å². The first-order chi connectivity index (χ1) is 9.06. The Kier molecular flexibility index (Phi) is 5.79. The SMILES string of the molecule is CCc1ccc(/C=C(\COC(C)=O)C(=O)OC)cc1. The van der Waals surface area contributed by atoms with Crippen molar-refractivity contribution in [3.8, 4) is 0 Å². The van der Waals surface area contributed by atoms with Crippen LogP contribution in [0.2, 0.25) is 0 Å². The summed E-state index contributed by atoms with van der Waals surface area (Å²) in [5.41, 5.74) is 2.39. The molecule has 102 valence electrons.